The van der Waals surface area contributed by atoms with E-state index >= 15 is 0 Å². The van der Waals surface area contributed by atoms with Gasteiger partial charge in [-0.25, -0.2) is 9.97 Å². The summed E-state index contributed by atoms with van der Waals surface area (Å²) in [4.78, 5) is 11.3. The molecule has 2 aromatic rings. The van der Waals surface area contributed by atoms with E-state index < -0.39 is 0 Å². The van der Waals surface area contributed by atoms with Crippen molar-refractivity contribution in [3.63, 3.8) is 0 Å². The van der Waals surface area contributed by atoms with Gasteiger partial charge in [-0.2, -0.15) is 0 Å². The average Bonchev–Trinajstić information content (AvgIpc) is 2.79. The molecule has 0 spiro atoms. The largest absolute Gasteiger partial charge is 0.493 e. The lowest BCUT2D eigenvalue weighted by Gasteiger charge is -2.09. The molecule has 0 bridgehead atoms. The number of imidazole rings is 1. The van der Waals surface area contributed by atoms with Gasteiger partial charge in [-0.15, -0.1) is 0 Å². The van der Waals surface area contributed by atoms with Gasteiger partial charge in [-0.05, 0) is 19.1 Å². The molecule has 2 N–H and O–H groups in total. The third-order valence-corrected chi connectivity index (χ3v) is 2.22. The van der Waals surface area contributed by atoms with E-state index in [0.29, 0.717) is 6.54 Å². The predicted octanol–water partition coefficient (Wildman–Crippen LogP) is 1.73. The second-order valence-corrected chi connectivity index (χ2v) is 3.43. The van der Waals surface area contributed by atoms with Gasteiger partial charge in [0.25, 0.3) is 0 Å². The summed E-state index contributed by atoms with van der Waals surface area (Å²) < 4.78 is 5.22. The molecule has 0 saturated heterocycles. The number of methoxy groups -OCH3 is 1. The number of anilines is 1. The predicted molar refractivity (Wildman–Crippen MR) is 61.4 cm³/mol. The topological polar surface area (TPSA) is 62.8 Å². The van der Waals surface area contributed by atoms with E-state index in [1.54, 1.807) is 19.6 Å². The standard InChI is InChI=1S/C11H14N4O/c1-8-3-4-10(16-2)11(15-8)13-6-9-5-12-7-14-9/h3-5,7H,6H2,1-2H3,(H,12,14)(H,13,15). The summed E-state index contributed by atoms with van der Waals surface area (Å²) in [5, 5.41) is 3.20. The maximum absolute atomic E-state index is 5.22. The summed E-state index contributed by atoms with van der Waals surface area (Å²) in [6, 6.07) is 3.82. The molecule has 0 aliphatic rings. The number of rotatable bonds is 4. The van der Waals surface area contributed by atoms with Crippen LogP contribution in [0.4, 0.5) is 5.82 Å². The lowest BCUT2D eigenvalue weighted by molar-refractivity contribution is 0.414. The maximum Gasteiger partial charge on any atom is 0.169 e. The molecule has 2 rings (SSSR count). The quantitative estimate of drug-likeness (QED) is 0.820. The number of hydrogen-bond donors (Lipinski definition) is 2. The van der Waals surface area contributed by atoms with Crippen molar-refractivity contribution in [3.8, 4) is 5.75 Å². The van der Waals surface area contributed by atoms with Gasteiger partial charge in [-0.3, -0.25) is 0 Å². The highest BCUT2D eigenvalue weighted by atomic mass is 16.5. The smallest absolute Gasteiger partial charge is 0.169 e. The number of hydrogen-bond acceptors (Lipinski definition) is 4. The van der Waals surface area contributed by atoms with E-state index in [4.69, 9.17) is 4.74 Å². The minimum atomic E-state index is 0.646. The fraction of sp³-hybridized carbons (Fsp3) is 0.273. The van der Waals surface area contributed by atoms with Crippen molar-refractivity contribution in [3.05, 3.63) is 36.0 Å². The van der Waals surface area contributed by atoms with Crippen LogP contribution < -0.4 is 10.1 Å². The highest BCUT2D eigenvalue weighted by Crippen LogP contribution is 2.21. The number of nitrogens with zero attached hydrogens (tertiary/aromatic N) is 2. The fourth-order valence-corrected chi connectivity index (χ4v) is 1.40. The van der Waals surface area contributed by atoms with Crippen molar-refractivity contribution >= 4 is 5.82 Å². The van der Waals surface area contributed by atoms with Crippen molar-refractivity contribution in [2.45, 2.75) is 13.5 Å². The zero-order valence-corrected chi connectivity index (χ0v) is 9.32. The van der Waals surface area contributed by atoms with Gasteiger partial charge in [0.1, 0.15) is 0 Å². The molecule has 0 unspecified atom stereocenters. The van der Waals surface area contributed by atoms with Gasteiger partial charge < -0.3 is 15.0 Å². The van der Waals surface area contributed by atoms with Crippen molar-refractivity contribution in [2.24, 2.45) is 0 Å². The minimum absolute atomic E-state index is 0.646. The zero-order chi connectivity index (χ0) is 11.4. The van der Waals surface area contributed by atoms with Gasteiger partial charge in [0.2, 0.25) is 0 Å². The second-order valence-electron chi connectivity index (χ2n) is 3.43. The van der Waals surface area contributed by atoms with Crippen LogP contribution in [0.5, 0.6) is 5.75 Å². The molecule has 0 saturated carbocycles. The Bertz CT molecular complexity index is 453. The van der Waals surface area contributed by atoms with Crippen LogP contribution in [0, 0.1) is 6.92 Å². The van der Waals surface area contributed by atoms with E-state index in [0.717, 1.165) is 23.0 Å². The molecule has 0 fully saturated rings. The number of aryl methyl sites for hydroxylation is 1. The molecule has 0 aliphatic carbocycles. The highest BCUT2D eigenvalue weighted by molar-refractivity contribution is 5.50. The molecule has 0 radical (unpaired) electrons. The molecular formula is C11H14N4O. The number of aromatic amines is 1. The first kappa shape index (κ1) is 10.5. The number of nitrogens with one attached hydrogen (secondary N) is 2. The molecule has 2 heterocycles. The Morgan fingerprint density at radius 3 is 3.00 bits per heavy atom. The summed E-state index contributed by atoms with van der Waals surface area (Å²) >= 11 is 0. The van der Waals surface area contributed by atoms with Gasteiger partial charge in [0.05, 0.1) is 25.7 Å². The first-order valence-electron chi connectivity index (χ1n) is 5.02. The third-order valence-electron chi connectivity index (χ3n) is 2.22. The molecule has 5 nitrogen and oxygen atoms in total. The van der Waals surface area contributed by atoms with Crippen LogP contribution in [-0.4, -0.2) is 22.1 Å². The summed E-state index contributed by atoms with van der Waals surface area (Å²) in [6.45, 7) is 2.59. The number of pyridine rings is 1. The molecule has 84 valence electrons. The molecule has 0 atom stereocenters. The Kier molecular flexibility index (Phi) is 3.05. The van der Waals surface area contributed by atoms with Crippen LogP contribution in [0.3, 0.4) is 0 Å². The lowest BCUT2D eigenvalue weighted by Crippen LogP contribution is -2.04. The van der Waals surface area contributed by atoms with Crippen LogP contribution in [-0.2, 0) is 6.54 Å². The van der Waals surface area contributed by atoms with Crippen molar-refractivity contribution in [1.29, 1.82) is 0 Å². The number of aromatic nitrogens is 3. The Balaban J connectivity index is 2.11. The fourth-order valence-electron chi connectivity index (χ4n) is 1.40. The van der Waals surface area contributed by atoms with E-state index in [9.17, 15) is 0 Å². The van der Waals surface area contributed by atoms with E-state index in [-0.39, 0.29) is 0 Å². The van der Waals surface area contributed by atoms with Crippen LogP contribution in [0.25, 0.3) is 0 Å². The molecule has 16 heavy (non-hydrogen) atoms. The van der Waals surface area contributed by atoms with Crippen molar-refractivity contribution < 1.29 is 4.74 Å². The SMILES string of the molecule is COc1ccc(C)nc1NCc1cnc[nH]1. The van der Waals surface area contributed by atoms with Gasteiger partial charge in [0.15, 0.2) is 11.6 Å². The summed E-state index contributed by atoms with van der Waals surface area (Å²) in [6.07, 6.45) is 3.42. The zero-order valence-electron chi connectivity index (χ0n) is 9.32. The Morgan fingerprint density at radius 1 is 1.44 bits per heavy atom. The minimum Gasteiger partial charge on any atom is -0.493 e. The van der Waals surface area contributed by atoms with Gasteiger partial charge in [-0.1, -0.05) is 0 Å². The average molecular weight is 218 g/mol. The number of ether oxygens (including phenoxy) is 1. The van der Waals surface area contributed by atoms with Gasteiger partial charge >= 0.3 is 0 Å². The molecule has 2 aromatic heterocycles. The Labute approximate surface area is 93.9 Å². The highest BCUT2D eigenvalue weighted by Gasteiger charge is 2.04. The number of H-pyrrole nitrogens is 1. The van der Waals surface area contributed by atoms with Crippen LogP contribution in [0.2, 0.25) is 0 Å². The lowest BCUT2D eigenvalue weighted by atomic mass is 10.3. The first-order chi connectivity index (χ1) is 7.79. The summed E-state index contributed by atoms with van der Waals surface area (Å²) in [5.41, 5.74) is 1.96. The molecular weight excluding hydrogens is 204 g/mol. The monoisotopic (exact) mass is 218 g/mol. The van der Waals surface area contributed by atoms with Crippen LogP contribution >= 0.6 is 0 Å². The maximum atomic E-state index is 5.22. The summed E-state index contributed by atoms with van der Waals surface area (Å²) in [7, 11) is 1.63. The Morgan fingerprint density at radius 2 is 2.31 bits per heavy atom. The first-order valence-corrected chi connectivity index (χ1v) is 5.02. The van der Waals surface area contributed by atoms with Crippen molar-refractivity contribution in [1.82, 2.24) is 15.0 Å². The van der Waals surface area contributed by atoms with Crippen LogP contribution in [0.1, 0.15) is 11.4 Å². The third kappa shape index (κ3) is 2.31. The normalized spacial score (nSPS) is 10.1. The molecule has 0 aromatic carbocycles. The molecule has 5 heteroatoms. The van der Waals surface area contributed by atoms with E-state index in [1.807, 2.05) is 19.1 Å². The van der Waals surface area contributed by atoms with Crippen molar-refractivity contribution in [2.75, 3.05) is 12.4 Å². The van der Waals surface area contributed by atoms with Crippen LogP contribution in [0.15, 0.2) is 24.7 Å². The molecule has 0 amide bonds. The van der Waals surface area contributed by atoms with E-state index in [1.165, 1.54) is 0 Å². The summed E-state index contributed by atoms with van der Waals surface area (Å²) in [5.74, 6) is 1.49. The second kappa shape index (κ2) is 4.65. The molecule has 0 aliphatic heterocycles. The van der Waals surface area contributed by atoms with Gasteiger partial charge in [0, 0.05) is 11.9 Å². The Hall–Kier alpha value is -2.04. The van der Waals surface area contributed by atoms with E-state index in [2.05, 4.69) is 20.3 Å².